The first-order chi connectivity index (χ1) is 7.28. The Morgan fingerprint density at radius 3 is 2.60 bits per heavy atom. The van der Waals surface area contributed by atoms with Crippen LogP contribution in [0, 0.1) is 5.41 Å². The Morgan fingerprint density at radius 1 is 1.33 bits per heavy atom. The van der Waals surface area contributed by atoms with Gasteiger partial charge in [0.15, 0.2) is 0 Å². The van der Waals surface area contributed by atoms with E-state index in [9.17, 15) is 5.11 Å². The number of nitrogens with two attached hydrogens (primary N) is 1. The normalized spacial score (nSPS) is 32.8. The minimum absolute atomic E-state index is 0.00773. The average Bonchev–Trinajstić information content (AvgIpc) is 2.82. The monoisotopic (exact) mass is 215 g/mol. The van der Waals surface area contributed by atoms with Gasteiger partial charge in [0.05, 0.1) is 12.2 Å². The molecule has 0 spiro atoms. The van der Waals surface area contributed by atoms with Crippen molar-refractivity contribution in [2.45, 2.75) is 37.9 Å². The SMILES string of the molecule is NCC1([C@H](O)[C@H]2CCCO2)CCOCC1. The molecule has 0 amide bonds. The van der Waals surface area contributed by atoms with E-state index in [1.54, 1.807) is 0 Å². The molecule has 0 saturated carbocycles. The quantitative estimate of drug-likeness (QED) is 0.710. The molecule has 0 radical (unpaired) electrons. The molecule has 0 aliphatic carbocycles. The number of aliphatic hydroxyl groups excluding tert-OH is 1. The fourth-order valence-electron chi connectivity index (χ4n) is 2.64. The van der Waals surface area contributed by atoms with Gasteiger partial charge in [-0.3, -0.25) is 0 Å². The van der Waals surface area contributed by atoms with E-state index in [4.69, 9.17) is 15.2 Å². The summed E-state index contributed by atoms with van der Waals surface area (Å²) in [5, 5.41) is 10.4. The van der Waals surface area contributed by atoms with E-state index in [1.807, 2.05) is 0 Å². The summed E-state index contributed by atoms with van der Waals surface area (Å²) in [7, 11) is 0. The molecule has 3 N–H and O–H groups in total. The van der Waals surface area contributed by atoms with Crippen molar-refractivity contribution in [1.29, 1.82) is 0 Å². The van der Waals surface area contributed by atoms with Crippen LogP contribution in [0.4, 0.5) is 0 Å². The van der Waals surface area contributed by atoms with Crippen LogP contribution in [0.1, 0.15) is 25.7 Å². The highest BCUT2D eigenvalue weighted by atomic mass is 16.5. The van der Waals surface area contributed by atoms with Gasteiger partial charge < -0.3 is 20.3 Å². The van der Waals surface area contributed by atoms with Crippen LogP contribution >= 0.6 is 0 Å². The average molecular weight is 215 g/mol. The molecular formula is C11H21NO3. The van der Waals surface area contributed by atoms with Crippen molar-refractivity contribution in [2.24, 2.45) is 11.1 Å². The van der Waals surface area contributed by atoms with Crippen molar-refractivity contribution in [1.82, 2.24) is 0 Å². The molecule has 4 nitrogen and oxygen atoms in total. The van der Waals surface area contributed by atoms with E-state index in [0.717, 1.165) is 32.3 Å². The highest BCUT2D eigenvalue weighted by Crippen LogP contribution is 2.37. The van der Waals surface area contributed by atoms with Crippen LogP contribution in [0.3, 0.4) is 0 Å². The molecule has 15 heavy (non-hydrogen) atoms. The standard InChI is InChI=1S/C11H21NO3/c12-8-11(3-6-14-7-4-11)10(13)9-2-1-5-15-9/h9-10,13H,1-8,12H2/t9-,10-/m1/s1. The largest absolute Gasteiger partial charge is 0.390 e. The van der Waals surface area contributed by atoms with Gasteiger partial charge in [-0.2, -0.15) is 0 Å². The summed E-state index contributed by atoms with van der Waals surface area (Å²) in [6.07, 6.45) is 3.29. The van der Waals surface area contributed by atoms with Crippen molar-refractivity contribution >= 4 is 0 Å². The van der Waals surface area contributed by atoms with Crippen molar-refractivity contribution in [3.05, 3.63) is 0 Å². The molecule has 0 aromatic rings. The van der Waals surface area contributed by atoms with Gasteiger partial charge in [0.1, 0.15) is 0 Å². The van der Waals surface area contributed by atoms with Gasteiger partial charge in [0, 0.05) is 31.8 Å². The molecule has 88 valence electrons. The first kappa shape index (κ1) is 11.3. The van der Waals surface area contributed by atoms with Crippen LogP contribution in [0.5, 0.6) is 0 Å². The lowest BCUT2D eigenvalue weighted by Gasteiger charge is -2.42. The van der Waals surface area contributed by atoms with Gasteiger partial charge in [-0.1, -0.05) is 0 Å². The minimum atomic E-state index is -0.422. The molecule has 0 aromatic carbocycles. The van der Waals surface area contributed by atoms with Crippen LogP contribution in [-0.4, -0.2) is 43.7 Å². The highest BCUT2D eigenvalue weighted by molar-refractivity contribution is 4.94. The Kier molecular flexibility index (Phi) is 3.61. The van der Waals surface area contributed by atoms with Crippen molar-refractivity contribution < 1.29 is 14.6 Å². The lowest BCUT2D eigenvalue weighted by Crippen LogP contribution is -2.50. The first-order valence-electron chi connectivity index (χ1n) is 5.86. The second-order valence-corrected chi connectivity index (χ2v) is 4.68. The topological polar surface area (TPSA) is 64.7 Å². The second kappa shape index (κ2) is 4.78. The molecule has 0 bridgehead atoms. The van der Waals surface area contributed by atoms with E-state index >= 15 is 0 Å². The summed E-state index contributed by atoms with van der Waals surface area (Å²) in [6, 6.07) is 0. The van der Waals surface area contributed by atoms with E-state index in [-0.39, 0.29) is 11.5 Å². The third-order valence-electron chi connectivity index (χ3n) is 3.84. The Labute approximate surface area is 90.7 Å². The summed E-state index contributed by atoms with van der Waals surface area (Å²) in [5.74, 6) is 0. The number of aliphatic hydroxyl groups is 1. The summed E-state index contributed by atoms with van der Waals surface area (Å²) in [4.78, 5) is 0. The number of hydrogen-bond donors (Lipinski definition) is 2. The number of hydrogen-bond acceptors (Lipinski definition) is 4. The van der Waals surface area contributed by atoms with Crippen LogP contribution in [-0.2, 0) is 9.47 Å². The lowest BCUT2D eigenvalue weighted by molar-refractivity contribution is -0.110. The van der Waals surface area contributed by atoms with E-state index in [0.29, 0.717) is 19.8 Å². The molecule has 2 fully saturated rings. The maximum atomic E-state index is 10.4. The third kappa shape index (κ3) is 2.18. The smallest absolute Gasteiger partial charge is 0.0871 e. The predicted octanol–water partition coefficient (Wildman–Crippen LogP) is 0.282. The van der Waals surface area contributed by atoms with Crippen LogP contribution in [0.2, 0.25) is 0 Å². The fraction of sp³-hybridized carbons (Fsp3) is 1.00. The highest BCUT2D eigenvalue weighted by Gasteiger charge is 2.43. The van der Waals surface area contributed by atoms with Gasteiger partial charge in [0.25, 0.3) is 0 Å². The van der Waals surface area contributed by atoms with E-state index in [2.05, 4.69) is 0 Å². The van der Waals surface area contributed by atoms with Crippen LogP contribution in [0.15, 0.2) is 0 Å². The van der Waals surface area contributed by atoms with Crippen LogP contribution < -0.4 is 5.73 Å². The van der Waals surface area contributed by atoms with Gasteiger partial charge >= 0.3 is 0 Å². The molecule has 2 saturated heterocycles. The van der Waals surface area contributed by atoms with Crippen molar-refractivity contribution in [3.8, 4) is 0 Å². The van der Waals surface area contributed by atoms with Gasteiger partial charge in [-0.25, -0.2) is 0 Å². The Morgan fingerprint density at radius 2 is 2.07 bits per heavy atom. The Bertz CT molecular complexity index is 198. The zero-order valence-electron chi connectivity index (χ0n) is 9.15. The molecule has 2 heterocycles. The molecule has 2 aliphatic heterocycles. The molecule has 2 rings (SSSR count). The van der Waals surface area contributed by atoms with Crippen molar-refractivity contribution in [3.63, 3.8) is 0 Å². The molecule has 0 aromatic heterocycles. The fourth-order valence-corrected chi connectivity index (χ4v) is 2.64. The summed E-state index contributed by atoms with van der Waals surface area (Å²) < 4.78 is 10.9. The maximum Gasteiger partial charge on any atom is 0.0871 e. The van der Waals surface area contributed by atoms with Gasteiger partial charge in [0.2, 0.25) is 0 Å². The summed E-state index contributed by atoms with van der Waals surface area (Å²) >= 11 is 0. The molecule has 4 heteroatoms. The van der Waals surface area contributed by atoms with Gasteiger partial charge in [-0.15, -0.1) is 0 Å². The third-order valence-corrected chi connectivity index (χ3v) is 3.84. The van der Waals surface area contributed by atoms with Gasteiger partial charge in [-0.05, 0) is 25.7 Å². The van der Waals surface area contributed by atoms with Crippen molar-refractivity contribution in [2.75, 3.05) is 26.4 Å². The molecule has 0 unspecified atom stereocenters. The second-order valence-electron chi connectivity index (χ2n) is 4.68. The minimum Gasteiger partial charge on any atom is -0.390 e. The van der Waals surface area contributed by atoms with Crippen LogP contribution in [0.25, 0.3) is 0 Å². The zero-order chi connectivity index (χ0) is 10.7. The van der Waals surface area contributed by atoms with E-state index < -0.39 is 6.10 Å². The maximum absolute atomic E-state index is 10.4. The number of rotatable bonds is 3. The Hall–Kier alpha value is -0.160. The summed E-state index contributed by atoms with van der Waals surface area (Å²) in [5.41, 5.74) is 5.66. The number of ether oxygens (including phenoxy) is 2. The van der Waals surface area contributed by atoms with E-state index in [1.165, 1.54) is 0 Å². The molecule has 2 atom stereocenters. The lowest BCUT2D eigenvalue weighted by atomic mass is 9.73. The Balaban J connectivity index is 2.02. The first-order valence-corrected chi connectivity index (χ1v) is 5.86. The zero-order valence-corrected chi connectivity index (χ0v) is 9.15. The molecule has 2 aliphatic rings. The summed E-state index contributed by atoms with van der Waals surface area (Å²) in [6.45, 7) is 2.72. The molecular weight excluding hydrogens is 194 g/mol. The predicted molar refractivity (Wildman–Crippen MR) is 56.5 cm³/mol.